The van der Waals surface area contributed by atoms with E-state index in [2.05, 4.69) is 10.6 Å². The van der Waals surface area contributed by atoms with Crippen LogP contribution in [0.3, 0.4) is 0 Å². The highest BCUT2D eigenvalue weighted by Gasteiger charge is 2.44. The molecule has 10 nitrogen and oxygen atoms in total. The molecule has 0 saturated heterocycles. The number of aliphatic carboxylic acids is 1. The van der Waals surface area contributed by atoms with Crippen LogP contribution in [0.25, 0.3) is 0 Å². The second kappa shape index (κ2) is 26.5. The Morgan fingerprint density at radius 3 is 1.05 bits per heavy atom. The Balaban J connectivity index is 0.000000261. The van der Waals surface area contributed by atoms with Crippen molar-refractivity contribution < 1.29 is 104 Å². The molecule has 26 heteroatoms. The van der Waals surface area contributed by atoms with Gasteiger partial charge in [-0.15, -0.1) is 0 Å². The molecule has 0 radical (unpaired) electrons. The van der Waals surface area contributed by atoms with Crippen LogP contribution in [0.5, 0.6) is 11.5 Å². The van der Waals surface area contributed by atoms with Crippen LogP contribution in [0.1, 0.15) is 104 Å². The number of benzene rings is 8. The van der Waals surface area contributed by atoms with Crippen LogP contribution >= 0.6 is 0 Å². The summed E-state index contributed by atoms with van der Waals surface area (Å²) in [7, 11) is 0. The quantitative estimate of drug-likeness (QED) is 0.0623. The third kappa shape index (κ3) is 16.5. The average molecular weight is 1300 g/mol. The number of alkyl halides is 12. The lowest BCUT2D eigenvalue weighted by Crippen LogP contribution is -2.49. The standard InChI is InChI=1S/C33H26F8N2O3.C33H25F8NO4/c1-30(2,29(42)45)46-27-17-21(11-12-26(27)35)31(18-19-7-4-3-5-8-19,23-14-24(33(39,40)41)16-25(34)15-23)43-28(44)20-9-6-10-22(13-20)32(36,37)38;1-30(2,29(44)45)46-27-17-21(11-12-26(27)35)31(18-19-7-4-3-5-8-19,23-14-24(33(39,40)41)16-25(34)15-23)42-28(43)20-9-6-10-22(13-20)32(36,37)38/h3-17H,18H2,1-2H3,(H2,42,45)(H,43,44);3-17H,18H2,1-2H3,(H,42,43)(H,44,45)/t2*31-/m11/s1. The third-order valence-corrected chi connectivity index (χ3v) is 14.3. The number of carbonyl (C=O) groups excluding carboxylic acids is 3. The molecule has 0 aliphatic carbocycles. The van der Waals surface area contributed by atoms with E-state index >= 15 is 8.78 Å². The van der Waals surface area contributed by atoms with E-state index < -0.39 is 163 Å². The zero-order chi connectivity index (χ0) is 68.2. The molecule has 3 amide bonds. The van der Waals surface area contributed by atoms with Crippen LogP contribution in [0.2, 0.25) is 0 Å². The van der Waals surface area contributed by atoms with Crippen molar-refractivity contribution >= 4 is 23.7 Å². The minimum Gasteiger partial charge on any atom is -0.478 e. The molecule has 0 aliphatic heterocycles. The van der Waals surface area contributed by atoms with Crippen LogP contribution in [0.4, 0.5) is 70.2 Å². The molecule has 0 bridgehead atoms. The van der Waals surface area contributed by atoms with E-state index in [-0.39, 0.29) is 23.3 Å². The lowest BCUT2D eigenvalue weighted by atomic mass is 9.77. The number of amides is 3. The fourth-order valence-electron chi connectivity index (χ4n) is 9.47. The first-order chi connectivity index (χ1) is 42.6. The van der Waals surface area contributed by atoms with Gasteiger partial charge in [0.2, 0.25) is 0 Å². The van der Waals surface area contributed by atoms with Gasteiger partial charge in [0.05, 0.1) is 33.3 Å². The molecular weight excluding hydrogens is 1250 g/mol. The minimum atomic E-state index is -5.07. The summed E-state index contributed by atoms with van der Waals surface area (Å²) in [6.07, 6.45) is -20.6. The Morgan fingerprint density at radius 1 is 0.391 bits per heavy atom. The maximum atomic E-state index is 15.1. The van der Waals surface area contributed by atoms with E-state index in [1.165, 1.54) is 26.0 Å². The van der Waals surface area contributed by atoms with Crippen LogP contribution in [0, 0.1) is 23.3 Å². The number of nitrogens with one attached hydrogen (secondary N) is 2. The van der Waals surface area contributed by atoms with E-state index in [0.717, 1.165) is 86.6 Å². The van der Waals surface area contributed by atoms with Gasteiger partial charge in [0.1, 0.15) is 11.6 Å². The summed E-state index contributed by atoms with van der Waals surface area (Å²) >= 11 is 0. The van der Waals surface area contributed by atoms with E-state index in [4.69, 9.17) is 15.2 Å². The monoisotopic (exact) mass is 1300 g/mol. The summed E-state index contributed by atoms with van der Waals surface area (Å²) < 4.78 is 236. The number of hydrogen-bond acceptors (Lipinski definition) is 6. The van der Waals surface area contributed by atoms with Crippen LogP contribution in [-0.2, 0) is 58.2 Å². The number of carboxylic acid groups (broad SMARTS) is 1. The molecule has 0 unspecified atom stereocenters. The van der Waals surface area contributed by atoms with Gasteiger partial charge in [-0.05, 0) is 158 Å². The highest BCUT2D eigenvalue weighted by molar-refractivity contribution is 5.96. The fourth-order valence-corrected chi connectivity index (χ4v) is 9.47. The lowest BCUT2D eigenvalue weighted by Gasteiger charge is -2.37. The summed E-state index contributed by atoms with van der Waals surface area (Å²) in [4.78, 5) is 51.1. The second-order valence-corrected chi connectivity index (χ2v) is 21.8. The second-order valence-electron chi connectivity index (χ2n) is 21.8. The van der Waals surface area contributed by atoms with Crippen molar-refractivity contribution in [2.45, 2.75) is 87.5 Å². The van der Waals surface area contributed by atoms with Crippen molar-refractivity contribution in [2.24, 2.45) is 5.73 Å². The Morgan fingerprint density at radius 2 is 0.728 bits per heavy atom. The molecule has 8 rings (SSSR count). The fraction of sp³-hybridized carbons (Fsp3) is 0.212. The largest absolute Gasteiger partial charge is 0.478 e. The molecule has 0 fully saturated rings. The summed E-state index contributed by atoms with van der Waals surface area (Å²) in [5.74, 6) is -10.9. The summed E-state index contributed by atoms with van der Waals surface area (Å²) in [5, 5.41) is 14.6. The first kappa shape index (κ1) is 69.6. The SMILES string of the molecule is CC(C)(Oc1cc([C@@](Cc2ccccc2)(NC(=O)c2cccc(C(F)(F)F)c2)c2cc(F)cc(C(F)(F)F)c2)ccc1F)C(=O)O.CC(C)(Oc1cc([C@@](Cc2ccccc2)(NC(=O)c2cccc(C(F)(F)F)c2)c2cc(F)cc(C(F)(F)F)c2)ccc1F)C(N)=O. The first-order valence-corrected chi connectivity index (χ1v) is 27.0. The molecule has 8 aromatic rings. The zero-order valence-corrected chi connectivity index (χ0v) is 48.3. The molecule has 0 aromatic heterocycles. The van der Waals surface area contributed by atoms with Crippen molar-refractivity contribution in [1.29, 1.82) is 0 Å². The van der Waals surface area contributed by atoms with E-state index in [0.29, 0.717) is 47.5 Å². The van der Waals surface area contributed by atoms with Gasteiger partial charge in [-0.25, -0.2) is 22.4 Å². The van der Waals surface area contributed by atoms with Crippen molar-refractivity contribution in [3.05, 3.63) is 272 Å². The summed E-state index contributed by atoms with van der Waals surface area (Å²) in [5.41, 5.74) is -9.75. The molecule has 0 aliphatic rings. The number of hydrogen-bond donors (Lipinski definition) is 4. The Kier molecular flexibility index (Phi) is 20.1. The van der Waals surface area contributed by atoms with Gasteiger partial charge < -0.3 is 30.9 Å². The van der Waals surface area contributed by atoms with Gasteiger partial charge >= 0.3 is 30.7 Å². The molecule has 0 spiro atoms. The predicted octanol–water partition coefficient (Wildman–Crippen LogP) is 15.7. The molecule has 0 heterocycles. The highest BCUT2D eigenvalue weighted by atomic mass is 19.4. The van der Waals surface area contributed by atoms with Gasteiger partial charge in [0.15, 0.2) is 34.3 Å². The Bertz CT molecular complexity index is 3770. The van der Waals surface area contributed by atoms with Gasteiger partial charge in [-0.3, -0.25) is 14.4 Å². The molecule has 484 valence electrons. The van der Waals surface area contributed by atoms with Crippen LogP contribution < -0.4 is 25.8 Å². The number of rotatable bonds is 18. The molecule has 8 aromatic carbocycles. The average Bonchev–Trinajstić information content (AvgIpc) is 0.760. The van der Waals surface area contributed by atoms with Gasteiger partial charge in [-0.1, -0.05) is 84.9 Å². The number of halogens is 16. The number of primary amides is 1. The van der Waals surface area contributed by atoms with Gasteiger partial charge in [0, 0.05) is 24.0 Å². The number of nitrogens with two attached hydrogens (primary N) is 1. The van der Waals surface area contributed by atoms with Gasteiger partial charge in [-0.2, -0.15) is 52.7 Å². The third-order valence-electron chi connectivity index (χ3n) is 14.3. The van der Waals surface area contributed by atoms with Crippen LogP contribution in [-0.4, -0.2) is 40.0 Å². The maximum absolute atomic E-state index is 15.1. The normalized spacial score (nSPS) is 13.5. The molecule has 2 atom stereocenters. The van der Waals surface area contributed by atoms with Crippen molar-refractivity contribution in [2.75, 3.05) is 0 Å². The molecule has 5 N–H and O–H groups in total. The summed E-state index contributed by atoms with van der Waals surface area (Å²) in [6.45, 7) is 4.68. The zero-order valence-electron chi connectivity index (χ0n) is 48.3. The highest BCUT2D eigenvalue weighted by Crippen LogP contribution is 2.44. The van der Waals surface area contributed by atoms with Crippen LogP contribution in [0.15, 0.2) is 182 Å². The molecule has 0 saturated carbocycles. The Hall–Kier alpha value is -9.88. The number of carboxylic acids is 1. The topological polar surface area (TPSA) is 157 Å². The predicted molar refractivity (Wildman–Crippen MR) is 302 cm³/mol. The first-order valence-electron chi connectivity index (χ1n) is 27.0. The Labute approximate surface area is 513 Å². The number of carbonyl (C=O) groups is 4. The number of ether oxygens (including phenoxy) is 2. The van der Waals surface area contributed by atoms with Crippen molar-refractivity contribution in [1.82, 2.24) is 10.6 Å². The van der Waals surface area contributed by atoms with Crippen molar-refractivity contribution in [3.8, 4) is 11.5 Å². The molecule has 92 heavy (non-hydrogen) atoms. The van der Waals surface area contributed by atoms with Gasteiger partial charge in [0.25, 0.3) is 17.7 Å². The maximum Gasteiger partial charge on any atom is 0.416 e. The van der Waals surface area contributed by atoms with E-state index in [1.807, 2.05) is 0 Å². The van der Waals surface area contributed by atoms with E-state index in [1.54, 1.807) is 48.5 Å². The molecular formula is C66H51F16N3O7. The van der Waals surface area contributed by atoms with E-state index in [9.17, 15) is 85.8 Å². The summed E-state index contributed by atoms with van der Waals surface area (Å²) in [6, 6.07) is 31.0. The minimum absolute atomic E-state index is 0.160. The lowest BCUT2D eigenvalue weighted by molar-refractivity contribution is -0.152. The van der Waals surface area contributed by atoms with Crippen molar-refractivity contribution in [3.63, 3.8) is 0 Å². The smallest absolute Gasteiger partial charge is 0.416 e.